The second-order valence-corrected chi connectivity index (χ2v) is 9.59. The molecule has 35 heavy (non-hydrogen) atoms. The largest absolute Gasteiger partial charge is 0.481 e. The van der Waals surface area contributed by atoms with Crippen LogP contribution in [0.3, 0.4) is 0 Å². The summed E-state index contributed by atoms with van der Waals surface area (Å²) < 4.78 is 6.84. The summed E-state index contributed by atoms with van der Waals surface area (Å²) in [6.45, 7) is 2.67. The molecule has 8 heteroatoms. The molecule has 7 nitrogen and oxygen atoms in total. The summed E-state index contributed by atoms with van der Waals surface area (Å²) in [5, 5.41) is 12.9. The van der Waals surface area contributed by atoms with Crippen molar-refractivity contribution in [1.29, 1.82) is 0 Å². The van der Waals surface area contributed by atoms with Crippen LogP contribution in [0.2, 0.25) is 0 Å². The standard InChI is InChI=1S/C27H30N4O3S/c1-19-9-14-23-24(16-19)35-27(31-23)30-22-12-10-20(11-13-22)21-17-28-26(29-18-21)34-15-7-5-3-2-4-6-8-25(32)33/h9-14,16-18H,2-8,15H2,1H3,(H,30,31)(H,32,33). The molecule has 4 aromatic rings. The van der Waals surface area contributed by atoms with Gasteiger partial charge in [-0.3, -0.25) is 4.79 Å². The average molecular weight is 491 g/mol. The zero-order valence-electron chi connectivity index (χ0n) is 19.9. The summed E-state index contributed by atoms with van der Waals surface area (Å²) in [7, 11) is 0. The van der Waals surface area contributed by atoms with Gasteiger partial charge in [-0.1, -0.05) is 55.2 Å². The molecule has 2 aromatic heterocycles. The Morgan fingerprint density at radius 2 is 1.66 bits per heavy atom. The Kier molecular flexibility index (Phi) is 8.62. The molecule has 0 atom stereocenters. The second kappa shape index (κ2) is 12.3. The zero-order valence-corrected chi connectivity index (χ0v) is 20.7. The normalized spacial score (nSPS) is 11.0. The molecular weight excluding hydrogens is 460 g/mol. The average Bonchev–Trinajstić information content (AvgIpc) is 3.25. The molecule has 0 fully saturated rings. The van der Waals surface area contributed by atoms with E-state index in [2.05, 4.69) is 45.4 Å². The molecule has 182 valence electrons. The predicted octanol–water partition coefficient (Wildman–Crippen LogP) is 7.00. The number of thiazole rings is 1. The smallest absolute Gasteiger partial charge is 0.316 e. The molecule has 2 N–H and O–H groups in total. The maximum absolute atomic E-state index is 10.5. The number of carboxylic acid groups (broad SMARTS) is 1. The van der Waals surface area contributed by atoms with E-state index in [4.69, 9.17) is 9.84 Å². The van der Waals surface area contributed by atoms with Crippen LogP contribution in [0.1, 0.15) is 50.5 Å². The van der Waals surface area contributed by atoms with Gasteiger partial charge in [0.2, 0.25) is 0 Å². The van der Waals surface area contributed by atoms with Crippen molar-refractivity contribution >= 4 is 38.3 Å². The van der Waals surface area contributed by atoms with Gasteiger partial charge in [-0.15, -0.1) is 0 Å². The van der Waals surface area contributed by atoms with E-state index in [1.165, 1.54) is 10.3 Å². The molecule has 2 aromatic carbocycles. The summed E-state index contributed by atoms with van der Waals surface area (Å²) in [6.07, 6.45) is 9.70. The number of hydrogen-bond donors (Lipinski definition) is 2. The lowest BCUT2D eigenvalue weighted by Gasteiger charge is -2.07. The van der Waals surface area contributed by atoms with Crippen molar-refractivity contribution in [3.8, 4) is 17.1 Å². The number of aryl methyl sites for hydroxylation is 1. The first-order valence-electron chi connectivity index (χ1n) is 12.0. The van der Waals surface area contributed by atoms with Crippen molar-refractivity contribution < 1.29 is 14.6 Å². The van der Waals surface area contributed by atoms with E-state index in [0.29, 0.717) is 12.6 Å². The molecule has 0 radical (unpaired) electrons. The summed E-state index contributed by atoms with van der Waals surface area (Å²) in [5.41, 5.74) is 5.18. The summed E-state index contributed by atoms with van der Waals surface area (Å²) >= 11 is 1.65. The molecule has 0 aliphatic rings. The lowest BCUT2D eigenvalue weighted by Crippen LogP contribution is -2.01. The van der Waals surface area contributed by atoms with E-state index in [0.717, 1.165) is 66.0 Å². The maximum atomic E-state index is 10.5. The van der Waals surface area contributed by atoms with Crippen LogP contribution in [0, 0.1) is 6.92 Å². The van der Waals surface area contributed by atoms with E-state index < -0.39 is 5.97 Å². The van der Waals surface area contributed by atoms with Crippen molar-refractivity contribution in [3.63, 3.8) is 0 Å². The van der Waals surface area contributed by atoms with Crippen LogP contribution in [-0.2, 0) is 4.79 Å². The topological polar surface area (TPSA) is 97.2 Å². The monoisotopic (exact) mass is 490 g/mol. The minimum absolute atomic E-state index is 0.265. The third-order valence-electron chi connectivity index (χ3n) is 5.66. The van der Waals surface area contributed by atoms with Gasteiger partial charge in [0, 0.05) is 30.1 Å². The zero-order chi connectivity index (χ0) is 24.5. The van der Waals surface area contributed by atoms with Crippen LogP contribution in [0.5, 0.6) is 6.01 Å². The van der Waals surface area contributed by atoms with Gasteiger partial charge < -0.3 is 15.2 Å². The van der Waals surface area contributed by atoms with Gasteiger partial charge in [0.1, 0.15) is 0 Å². The van der Waals surface area contributed by atoms with E-state index in [-0.39, 0.29) is 6.42 Å². The summed E-state index contributed by atoms with van der Waals surface area (Å²) in [4.78, 5) is 23.8. The number of carboxylic acids is 1. The van der Waals surface area contributed by atoms with Gasteiger partial charge in [0.15, 0.2) is 5.13 Å². The molecule has 2 heterocycles. The van der Waals surface area contributed by atoms with Crippen LogP contribution < -0.4 is 10.1 Å². The quantitative estimate of drug-likeness (QED) is 0.195. The summed E-state index contributed by atoms with van der Waals surface area (Å²) in [6, 6.07) is 14.8. The highest BCUT2D eigenvalue weighted by Gasteiger charge is 2.06. The molecule has 0 amide bonds. The minimum atomic E-state index is -0.714. The van der Waals surface area contributed by atoms with Gasteiger partial charge in [0.25, 0.3) is 0 Å². The lowest BCUT2D eigenvalue weighted by atomic mass is 10.1. The Morgan fingerprint density at radius 1 is 0.943 bits per heavy atom. The number of aliphatic carboxylic acids is 1. The Balaban J connectivity index is 1.20. The molecule has 0 saturated carbocycles. The third kappa shape index (κ3) is 7.48. The number of anilines is 2. The van der Waals surface area contributed by atoms with Gasteiger partial charge in [0.05, 0.1) is 16.8 Å². The first kappa shape index (κ1) is 24.6. The number of hydrogen-bond acceptors (Lipinski definition) is 7. The van der Waals surface area contributed by atoms with E-state index in [1.807, 2.05) is 24.3 Å². The Morgan fingerprint density at radius 3 is 2.40 bits per heavy atom. The number of aromatic nitrogens is 3. The van der Waals surface area contributed by atoms with Gasteiger partial charge in [-0.05, 0) is 55.2 Å². The highest BCUT2D eigenvalue weighted by Crippen LogP contribution is 2.30. The highest BCUT2D eigenvalue weighted by molar-refractivity contribution is 7.22. The van der Waals surface area contributed by atoms with Gasteiger partial charge >= 0.3 is 12.0 Å². The van der Waals surface area contributed by atoms with Crippen molar-refractivity contribution in [2.45, 2.75) is 51.9 Å². The van der Waals surface area contributed by atoms with Crippen molar-refractivity contribution in [2.75, 3.05) is 11.9 Å². The van der Waals surface area contributed by atoms with Crippen LogP contribution in [0.25, 0.3) is 21.3 Å². The van der Waals surface area contributed by atoms with E-state index >= 15 is 0 Å². The Bertz CT molecular complexity index is 1240. The first-order valence-corrected chi connectivity index (χ1v) is 12.8. The molecule has 0 spiro atoms. The Labute approximate surface area is 209 Å². The predicted molar refractivity (Wildman–Crippen MR) is 141 cm³/mol. The number of benzene rings is 2. The molecule has 4 rings (SSSR count). The first-order chi connectivity index (χ1) is 17.1. The molecule has 0 unspecified atom stereocenters. The number of fused-ring (bicyclic) bond motifs is 1. The van der Waals surface area contributed by atoms with Crippen LogP contribution in [0.4, 0.5) is 10.8 Å². The number of ether oxygens (including phenoxy) is 1. The van der Waals surface area contributed by atoms with Gasteiger partial charge in [-0.25, -0.2) is 15.0 Å². The second-order valence-electron chi connectivity index (χ2n) is 8.56. The fourth-order valence-electron chi connectivity index (χ4n) is 3.74. The molecule has 0 aliphatic heterocycles. The number of unbranched alkanes of at least 4 members (excludes halogenated alkanes) is 5. The lowest BCUT2D eigenvalue weighted by molar-refractivity contribution is -0.137. The van der Waals surface area contributed by atoms with Crippen LogP contribution >= 0.6 is 11.3 Å². The summed E-state index contributed by atoms with van der Waals surface area (Å²) in [5.74, 6) is -0.714. The molecule has 0 bridgehead atoms. The molecule has 0 aliphatic carbocycles. The fraction of sp³-hybridized carbons (Fsp3) is 0.333. The van der Waals surface area contributed by atoms with Crippen LogP contribution in [-0.4, -0.2) is 32.6 Å². The molecule has 0 saturated heterocycles. The minimum Gasteiger partial charge on any atom is -0.481 e. The van der Waals surface area contributed by atoms with Crippen molar-refractivity contribution in [3.05, 3.63) is 60.4 Å². The Hall–Kier alpha value is -3.52. The van der Waals surface area contributed by atoms with Crippen LogP contribution in [0.15, 0.2) is 54.9 Å². The number of nitrogens with zero attached hydrogens (tertiary/aromatic N) is 3. The molecular formula is C27H30N4O3S. The number of nitrogens with one attached hydrogen (secondary N) is 1. The van der Waals surface area contributed by atoms with Crippen molar-refractivity contribution in [1.82, 2.24) is 15.0 Å². The van der Waals surface area contributed by atoms with Crippen molar-refractivity contribution in [2.24, 2.45) is 0 Å². The van der Waals surface area contributed by atoms with E-state index in [1.54, 1.807) is 23.7 Å². The number of carbonyl (C=O) groups is 1. The maximum Gasteiger partial charge on any atom is 0.316 e. The number of rotatable bonds is 13. The van der Waals surface area contributed by atoms with Gasteiger partial charge in [-0.2, -0.15) is 0 Å². The van der Waals surface area contributed by atoms with E-state index in [9.17, 15) is 4.79 Å². The fourth-order valence-corrected chi connectivity index (χ4v) is 4.73. The third-order valence-corrected chi connectivity index (χ3v) is 6.59. The highest BCUT2D eigenvalue weighted by atomic mass is 32.1. The SMILES string of the molecule is Cc1ccc2nc(Nc3ccc(-c4cnc(OCCCCCCCCC(=O)O)nc4)cc3)sc2c1.